The molecule has 1 heterocycles. The number of rotatable bonds is 2. The van der Waals surface area contributed by atoms with E-state index in [-0.39, 0.29) is 11.7 Å². The van der Waals surface area contributed by atoms with Gasteiger partial charge in [0.05, 0.1) is 22.6 Å². The van der Waals surface area contributed by atoms with E-state index in [1.807, 2.05) is 0 Å². The molecule has 0 bridgehead atoms. The SMILES string of the molecule is Cc1cccc(F)c1-n1c(CCl)nc2ccc(F)cc21. The van der Waals surface area contributed by atoms with Crippen molar-refractivity contribution in [2.24, 2.45) is 0 Å². The standard InChI is InChI=1S/C15H11ClF2N2/c1-9-3-2-4-11(18)15(9)20-13-7-10(17)5-6-12(13)19-14(20)8-16/h2-7H,8H2,1H3. The second-order valence-corrected chi connectivity index (χ2v) is 4.80. The molecule has 0 fully saturated rings. The van der Waals surface area contributed by atoms with Crippen LogP contribution in [-0.2, 0) is 5.88 Å². The maximum Gasteiger partial charge on any atom is 0.147 e. The monoisotopic (exact) mass is 292 g/mol. The number of hydrogen-bond donors (Lipinski definition) is 0. The molecule has 20 heavy (non-hydrogen) atoms. The van der Waals surface area contributed by atoms with Crippen molar-refractivity contribution in [3.8, 4) is 5.69 Å². The van der Waals surface area contributed by atoms with Crippen LogP contribution in [0.2, 0.25) is 0 Å². The van der Waals surface area contributed by atoms with Crippen LogP contribution in [0.5, 0.6) is 0 Å². The van der Waals surface area contributed by atoms with Gasteiger partial charge >= 0.3 is 0 Å². The van der Waals surface area contributed by atoms with Gasteiger partial charge in [0.25, 0.3) is 0 Å². The molecule has 0 spiro atoms. The van der Waals surface area contributed by atoms with E-state index >= 15 is 0 Å². The Morgan fingerprint density at radius 2 is 2.00 bits per heavy atom. The van der Waals surface area contributed by atoms with Crippen molar-refractivity contribution in [3.05, 3.63) is 59.4 Å². The molecule has 0 radical (unpaired) electrons. The first kappa shape index (κ1) is 13.1. The van der Waals surface area contributed by atoms with Crippen LogP contribution >= 0.6 is 11.6 Å². The maximum absolute atomic E-state index is 14.2. The normalized spacial score (nSPS) is 11.2. The predicted octanol–water partition coefficient (Wildman–Crippen LogP) is 4.35. The van der Waals surface area contributed by atoms with Crippen LogP contribution in [0.4, 0.5) is 8.78 Å². The fourth-order valence-electron chi connectivity index (χ4n) is 2.34. The minimum Gasteiger partial charge on any atom is -0.292 e. The lowest BCUT2D eigenvalue weighted by molar-refractivity contribution is 0.615. The summed E-state index contributed by atoms with van der Waals surface area (Å²) in [5.41, 5.74) is 2.19. The Morgan fingerprint density at radius 3 is 2.70 bits per heavy atom. The van der Waals surface area contributed by atoms with Crippen molar-refractivity contribution in [3.63, 3.8) is 0 Å². The summed E-state index contributed by atoms with van der Waals surface area (Å²) < 4.78 is 29.2. The minimum atomic E-state index is -0.395. The summed E-state index contributed by atoms with van der Waals surface area (Å²) in [7, 11) is 0. The molecule has 3 rings (SSSR count). The molecule has 3 aromatic rings. The van der Waals surface area contributed by atoms with Gasteiger partial charge in [0.1, 0.15) is 17.5 Å². The summed E-state index contributed by atoms with van der Waals surface area (Å²) in [6.45, 7) is 1.79. The summed E-state index contributed by atoms with van der Waals surface area (Å²) in [4.78, 5) is 4.33. The summed E-state index contributed by atoms with van der Waals surface area (Å²) in [6.07, 6.45) is 0. The molecular formula is C15H11ClF2N2. The van der Waals surface area contributed by atoms with E-state index < -0.39 is 5.82 Å². The number of para-hydroxylation sites is 1. The lowest BCUT2D eigenvalue weighted by Gasteiger charge is -2.12. The summed E-state index contributed by atoms with van der Waals surface area (Å²) in [5, 5.41) is 0. The molecule has 0 aliphatic carbocycles. The average molecular weight is 293 g/mol. The Hall–Kier alpha value is -1.94. The smallest absolute Gasteiger partial charge is 0.147 e. The van der Waals surface area contributed by atoms with Gasteiger partial charge in [0.2, 0.25) is 0 Å². The van der Waals surface area contributed by atoms with E-state index in [0.29, 0.717) is 22.5 Å². The zero-order valence-corrected chi connectivity index (χ0v) is 11.5. The number of halogens is 3. The van der Waals surface area contributed by atoms with E-state index in [4.69, 9.17) is 11.6 Å². The number of aryl methyl sites for hydroxylation is 1. The van der Waals surface area contributed by atoms with E-state index in [1.165, 1.54) is 18.2 Å². The highest BCUT2D eigenvalue weighted by Gasteiger charge is 2.17. The van der Waals surface area contributed by atoms with E-state index in [1.54, 1.807) is 29.7 Å². The van der Waals surface area contributed by atoms with Gasteiger partial charge in [0.15, 0.2) is 0 Å². The Morgan fingerprint density at radius 1 is 1.20 bits per heavy atom. The highest BCUT2D eigenvalue weighted by molar-refractivity contribution is 6.17. The van der Waals surface area contributed by atoms with Crippen molar-refractivity contribution in [1.82, 2.24) is 9.55 Å². The summed E-state index contributed by atoms with van der Waals surface area (Å²) in [5.74, 6) is -0.182. The number of nitrogens with zero attached hydrogens (tertiary/aromatic N) is 2. The number of alkyl halides is 1. The first-order valence-corrected chi connectivity index (χ1v) is 6.63. The van der Waals surface area contributed by atoms with Gasteiger partial charge in [0, 0.05) is 6.07 Å². The molecule has 0 unspecified atom stereocenters. The Balaban J connectivity index is 2.42. The lowest BCUT2D eigenvalue weighted by atomic mass is 10.2. The molecule has 0 N–H and O–H groups in total. The van der Waals surface area contributed by atoms with Gasteiger partial charge in [-0.05, 0) is 30.7 Å². The zero-order chi connectivity index (χ0) is 14.3. The number of aromatic nitrogens is 2. The molecule has 0 saturated carbocycles. The Bertz CT molecular complexity index is 776. The topological polar surface area (TPSA) is 17.8 Å². The molecule has 2 nitrogen and oxygen atoms in total. The first-order chi connectivity index (χ1) is 9.61. The molecule has 102 valence electrons. The van der Waals surface area contributed by atoms with E-state index in [2.05, 4.69) is 4.98 Å². The molecule has 1 aromatic heterocycles. The zero-order valence-electron chi connectivity index (χ0n) is 10.7. The van der Waals surface area contributed by atoms with Gasteiger partial charge in [-0.1, -0.05) is 12.1 Å². The van der Waals surface area contributed by atoms with Crippen molar-refractivity contribution in [2.45, 2.75) is 12.8 Å². The van der Waals surface area contributed by atoms with Crippen molar-refractivity contribution >= 4 is 22.6 Å². The quantitative estimate of drug-likeness (QED) is 0.642. The van der Waals surface area contributed by atoms with Crippen molar-refractivity contribution in [1.29, 1.82) is 0 Å². The second-order valence-electron chi connectivity index (χ2n) is 4.54. The van der Waals surface area contributed by atoms with E-state index in [9.17, 15) is 8.78 Å². The third-order valence-electron chi connectivity index (χ3n) is 3.22. The Kier molecular flexibility index (Phi) is 3.18. The molecule has 5 heteroatoms. The van der Waals surface area contributed by atoms with E-state index in [0.717, 1.165) is 5.56 Å². The number of benzene rings is 2. The fraction of sp³-hybridized carbons (Fsp3) is 0.133. The summed E-state index contributed by atoms with van der Waals surface area (Å²) >= 11 is 5.90. The molecule has 0 atom stereocenters. The van der Waals surface area contributed by atoms with Crippen molar-refractivity contribution < 1.29 is 8.78 Å². The molecular weight excluding hydrogens is 282 g/mol. The average Bonchev–Trinajstić information content (AvgIpc) is 2.77. The number of imidazole rings is 1. The van der Waals surface area contributed by atoms with Gasteiger partial charge < -0.3 is 0 Å². The van der Waals surface area contributed by atoms with Crippen LogP contribution < -0.4 is 0 Å². The van der Waals surface area contributed by atoms with Crippen LogP contribution in [0, 0.1) is 18.6 Å². The molecule has 2 aromatic carbocycles. The van der Waals surface area contributed by atoms with Gasteiger partial charge in [-0.15, -0.1) is 11.6 Å². The molecule has 0 aliphatic heterocycles. The second kappa shape index (κ2) is 4.87. The van der Waals surface area contributed by atoms with Crippen LogP contribution in [-0.4, -0.2) is 9.55 Å². The van der Waals surface area contributed by atoms with Crippen molar-refractivity contribution in [2.75, 3.05) is 0 Å². The molecule has 0 aliphatic rings. The van der Waals surface area contributed by atoms with Crippen LogP contribution in [0.1, 0.15) is 11.4 Å². The highest BCUT2D eigenvalue weighted by atomic mass is 35.5. The minimum absolute atomic E-state index is 0.115. The predicted molar refractivity (Wildman–Crippen MR) is 75.3 cm³/mol. The van der Waals surface area contributed by atoms with Crippen LogP contribution in [0.25, 0.3) is 16.7 Å². The van der Waals surface area contributed by atoms with Gasteiger partial charge in [-0.3, -0.25) is 4.57 Å². The van der Waals surface area contributed by atoms with Crippen LogP contribution in [0.15, 0.2) is 36.4 Å². The maximum atomic E-state index is 14.2. The molecule has 0 amide bonds. The first-order valence-electron chi connectivity index (χ1n) is 6.10. The van der Waals surface area contributed by atoms with Crippen LogP contribution in [0.3, 0.4) is 0 Å². The third kappa shape index (κ3) is 1.96. The highest BCUT2D eigenvalue weighted by Crippen LogP contribution is 2.27. The summed E-state index contributed by atoms with van der Waals surface area (Å²) in [6, 6.07) is 9.02. The number of hydrogen-bond acceptors (Lipinski definition) is 1. The number of fused-ring (bicyclic) bond motifs is 1. The van der Waals surface area contributed by atoms with Gasteiger partial charge in [-0.25, -0.2) is 13.8 Å². The fourth-order valence-corrected chi connectivity index (χ4v) is 2.52. The van der Waals surface area contributed by atoms with Gasteiger partial charge in [-0.2, -0.15) is 0 Å². The lowest BCUT2D eigenvalue weighted by Crippen LogP contribution is -2.04. The third-order valence-corrected chi connectivity index (χ3v) is 3.46. The largest absolute Gasteiger partial charge is 0.292 e. The Labute approximate surface area is 119 Å². The molecule has 0 saturated heterocycles.